The first-order chi connectivity index (χ1) is 13.5. The van der Waals surface area contributed by atoms with Crippen LogP contribution in [0.15, 0.2) is 30.3 Å². The predicted molar refractivity (Wildman–Crippen MR) is 105 cm³/mol. The minimum Gasteiger partial charge on any atom is -0.339 e. The largest absolute Gasteiger partial charge is 0.339 e. The van der Waals surface area contributed by atoms with E-state index in [2.05, 4.69) is 9.97 Å². The number of benzene rings is 1. The highest BCUT2D eigenvalue weighted by molar-refractivity contribution is 6.34. The Morgan fingerprint density at radius 3 is 2.54 bits per heavy atom. The zero-order valence-electron chi connectivity index (χ0n) is 15.6. The standard InChI is InChI=1S/C20H20ClN5O2/c1-14-12-15(13-22)24-20(23-14)26-10-8-25(9-11-26)19(28)7-6-18(27)16-4-2-3-5-17(16)21/h2-5,12H,6-11H2,1H3. The maximum Gasteiger partial charge on any atom is 0.226 e. The van der Waals surface area contributed by atoms with Crippen LogP contribution in [-0.2, 0) is 4.79 Å². The number of Topliss-reactive ketones (excluding diaryl/α,β-unsaturated/α-hetero) is 1. The Bertz CT molecular complexity index is 932. The molecule has 0 atom stereocenters. The Morgan fingerprint density at radius 2 is 1.86 bits per heavy atom. The SMILES string of the molecule is Cc1cc(C#N)nc(N2CCN(C(=O)CCC(=O)c3ccccc3Cl)CC2)n1. The number of ketones is 1. The van der Waals surface area contributed by atoms with Gasteiger partial charge in [-0.25, -0.2) is 9.97 Å². The Kier molecular flexibility index (Phi) is 6.22. The van der Waals surface area contributed by atoms with Crippen LogP contribution in [0.25, 0.3) is 0 Å². The maximum atomic E-state index is 12.5. The number of hydrogen-bond donors (Lipinski definition) is 0. The second-order valence-electron chi connectivity index (χ2n) is 6.58. The van der Waals surface area contributed by atoms with Crippen LogP contribution in [0.3, 0.4) is 0 Å². The van der Waals surface area contributed by atoms with E-state index < -0.39 is 0 Å². The number of piperazine rings is 1. The normalized spacial score (nSPS) is 13.9. The molecule has 0 bridgehead atoms. The number of nitrogens with zero attached hydrogens (tertiary/aromatic N) is 5. The number of hydrogen-bond acceptors (Lipinski definition) is 6. The number of anilines is 1. The summed E-state index contributed by atoms with van der Waals surface area (Å²) in [6, 6.07) is 10.5. The van der Waals surface area contributed by atoms with E-state index in [0.29, 0.717) is 48.4 Å². The molecule has 0 aliphatic carbocycles. The minimum absolute atomic E-state index is 0.0528. The van der Waals surface area contributed by atoms with Gasteiger partial charge < -0.3 is 9.80 Å². The van der Waals surface area contributed by atoms with E-state index in [1.165, 1.54) is 0 Å². The van der Waals surface area contributed by atoms with Crippen molar-refractivity contribution in [2.24, 2.45) is 0 Å². The van der Waals surface area contributed by atoms with E-state index in [1.54, 1.807) is 35.2 Å². The van der Waals surface area contributed by atoms with Crippen LogP contribution in [0.4, 0.5) is 5.95 Å². The Labute approximate surface area is 168 Å². The molecule has 0 N–H and O–H groups in total. The van der Waals surface area contributed by atoms with Crippen molar-refractivity contribution in [3.8, 4) is 6.07 Å². The second-order valence-corrected chi connectivity index (χ2v) is 6.98. The lowest BCUT2D eigenvalue weighted by molar-refractivity contribution is -0.131. The van der Waals surface area contributed by atoms with Crippen LogP contribution >= 0.6 is 11.6 Å². The molecule has 2 heterocycles. The van der Waals surface area contributed by atoms with E-state index >= 15 is 0 Å². The average molecular weight is 398 g/mol. The summed E-state index contributed by atoms with van der Waals surface area (Å²) < 4.78 is 0. The molecule has 7 nitrogen and oxygen atoms in total. The van der Waals surface area contributed by atoms with Crippen LogP contribution < -0.4 is 4.90 Å². The van der Waals surface area contributed by atoms with Gasteiger partial charge in [-0.2, -0.15) is 5.26 Å². The zero-order valence-corrected chi connectivity index (χ0v) is 16.3. The van der Waals surface area contributed by atoms with Gasteiger partial charge in [0.25, 0.3) is 0 Å². The molecule has 0 unspecified atom stereocenters. The van der Waals surface area contributed by atoms with Crippen molar-refractivity contribution < 1.29 is 9.59 Å². The summed E-state index contributed by atoms with van der Waals surface area (Å²) in [6.07, 6.45) is 0.291. The van der Waals surface area contributed by atoms with E-state index in [0.717, 1.165) is 5.69 Å². The molecule has 1 aliphatic rings. The van der Waals surface area contributed by atoms with E-state index in [9.17, 15) is 9.59 Å². The summed E-state index contributed by atoms with van der Waals surface area (Å²) in [5.74, 6) is 0.329. The Morgan fingerprint density at radius 1 is 1.14 bits per heavy atom. The lowest BCUT2D eigenvalue weighted by Gasteiger charge is -2.34. The summed E-state index contributed by atoms with van der Waals surface area (Å²) >= 11 is 6.04. The molecule has 2 aromatic rings. The first-order valence-electron chi connectivity index (χ1n) is 9.04. The molecule has 1 aliphatic heterocycles. The van der Waals surface area contributed by atoms with Gasteiger partial charge in [0.2, 0.25) is 11.9 Å². The summed E-state index contributed by atoms with van der Waals surface area (Å²) in [4.78, 5) is 37.1. The van der Waals surface area contributed by atoms with Gasteiger partial charge in [-0.3, -0.25) is 9.59 Å². The van der Waals surface area contributed by atoms with Gasteiger partial charge in [0.05, 0.1) is 5.02 Å². The second kappa shape index (κ2) is 8.81. The lowest BCUT2D eigenvalue weighted by atomic mass is 10.1. The molecule has 0 spiro atoms. The van der Waals surface area contributed by atoms with E-state index in [4.69, 9.17) is 16.9 Å². The van der Waals surface area contributed by atoms with Crippen molar-refractivity contribution in [2.75, 3.05) is 31.1 Å². The number of carbonyl (C=O) groups excluding carboxylic acids is 2. The van der Waals surface area contributed by atoms with Crippen molar-refractivity contribution in [2.45, 2.75) is 19.8 Å². The monoisotopic (exact) mass is 397 g/mol. The van der Waals surface area contributed by atoms with E-state index in [1.807, 2.05) is 17.9 Å². The molecule has 1 saturated heterocycles. The molecule has 0 radical (unpaired) electrons. The van der Waals surface area contributed by atoms with Crippen molar-refractivity contribution in [1.29, 1.82) is 5.26 Å². The minimum atomic E-state index is -0.130. The highest BCUT2D eigenvalue weighted by Gasteiger charge is 2.23. The van der Waals surface area contributed by atoms with Crippen molar-refractivity contribution in [1.82, 2.24) is 14.9 Å². The number of carbonyl (C=O) groups is 2. The van der Waals surface area contributed by atoms with Crippen LogP contribution in [-0.4, -0.2) is 52.7 Å². The molecular weight excluding hydrogens is 378 g/mol. The molecule has 1 aromatic heterocycles. The van der Waals surface area contributed by atoms with Gasteiger partial charge in [0, 0.05) is 50.3 Å². The third kappa shape index (κ3) is 4.65. The quantitative estimate of drug-likeness (QED) is 0.720. The highest BCUT2D eigenvalue weighted by Crippen LogP contribution is 2.18. The average Bonchev–Trinajstić information content (AvgIpc) is 2.71. The molecule has 1 amide bonds. The smallest absolute Gasteiger partial charge is 0.226 e. The first kappa shape index (κ1) is 19.8. The lowest BCUT2D eigenvalue weighted by Crippen LogP contribution is -2.49. The Hall–Kier alpha value is -2.98. The van der Waals surface area contributed by atoms with Gasteiger partial charge in [-0.15, -0.1) is 0 Å². The van der Waals surface area contributed by atoms with Gasteiger partial charge in [0.15, 0.2) is 5.78 Å². The third-order valence-corrected chi connectivity index (χ3v) is 4.94. The summed E-state index contributed by atoms with van der Waals surface area (Å²) in [7, 11) is 0. The highest BCUT2D eigenvalue weighted by atomic mass is 35.5. The Balaban J connectivity index is 1.53. The van der Waals surface area contributed by atoms with Crippen molar-refractivity contribution in [3.05, 3.63) is 52.3 Å². The van der Waals surface area contributed by atoms with E-state index in [-0.39, 0.29) is 24.5 Å². The van der Waals surface area contributed by atoms with Crippen LogP contribution in [0, 0.1) is 18.3 Å². The van der Waals surface area contributed by atoms with Gasteiger partial charge >= 0.3 is 0 Å². The molecule has 8 heteroatoms. The summed E-state index contributed by atoms with van der Waals surface area (Å²) in [5.41, 5.74) is 1.52. The maximum absolute atomic E-state index is 12.5. The molecule has 1 fully saturated rings. The molecule has 28 heavy (non-hydrogen) atoms. The number of nitriles is 1. The molecular formula is C20H20ClN5O2. The van der Waals surface area contributed by atoms with Gasteiger partial charge in [-0.05, 0) is 25.1 Å². The van der Waals surface area contributed by atoms with Crippen molar-refractivity contribution >= 4 is 29.2 Å². The molecule has 144 valence electrons. The summed E-state index contributed by atoms with van der Waals surface area (Å²) in [5, 5.41) is 9.46. The van der Waals surface area contributed by atoms with Crippen LogP contribution in [0.1, 0.15) is 34.6 Å². The third-order valence-electron chi connectivity index (χ3n) is 4.61. The fourth-order valence-corrected chi connectivity index (χ4v) is 3.35. The summed E-state index contributed by atoms with van der Waals surface area (Å²) in [6.45, 7) is 4.04. The molecule has 1 aromatic carbocycles. The number of rotatable bonds is 5. The topological polar surface area (TPSA) is 90.2 Å². The molecule has 0 saturated carbocycles. The first-order valence-corrected chi connectivity index (χ1v) is 9.42. The number of aryl methyl sites for hydroxylation is 1. The zero-order chi connectivity index (χ0) is 20.1. The van der Waals surface area contributed by atoms with Gasteiger partial charge in [-0.1, -0.05) is 23.7 Å². The van der Waals surface area contributed by atoms with Gasteiger partial charge in [0.1, 0.15) is 11.8 Å². The predicted octanol–water partition coefficient (Wildman–Crippen LogP) is 2.62. The van der Waals surface area contributed by atoms with Crippen LogP contribution in [0.2, 0.25) is 5.02 Å². The number of halogens is 1. The fraction of sp³-hybridized carbons (Fsp3) is 0.350. The van der Waals surface area contributed by atoms with Crippen molar-refractivity contribution in [3.63, 3.8) is 0 Å². The number of aromatic nitrogens is 2. The number of amides is 1. The fourth-order valence-electron chi connectivity index (χ4n) is 3.11. The molecule has 3 rings (SSSR count). The van der Waals surface area contributed by atoms with Crippen LogP contribution in [0.5, 0.6) is 0 Å².